The van der Waals surface area contributed by atoms with Gasteiger partial charge in [-0.25, -0.2) is 8.78 Å². The summed E-state index contributed by atoms with van der Waals surface area (Å²) in [5.41, 5.74) is 2.24. The topological polar surface area (TPSA) is 68.9 Å². The van der Waals surface area contributed by atoms with Crippen LogP contribution in [0.5, 0.6) is 0 Å². The molecular formula is C12H11F2N3O2. The van der Waals surface area contributed by atoms with Crippen LogP contribution in [0.15, 0.2) is 16.7 Å². The van der Waals surface area contributed by atoms with Crippen LogP contribution in [-0.4, -0.2) is 27.3 Å². The molecule has 2 aromatic rings. The molecule has 100 valence electrons. The third kappa shape index (κ3) is 3.18. The second-order valence-electron chi connectivity index (χ2n) is 4.09. The van der Waals surface area contributed by atoms with Gasteiger partial charge in [-0.15, -0.1) is 0 Å². The molecule has 2 heterocycles. The molecule has 0 fully saturated rings. The molecule has 0 bridgehead atoms. The fourth-order valence-corrected chi connectivity index (χ4v) is 1.63. The Morgan fingerprint density at radius 1 is 1.26 bits per heavy atom. The number of carbonyl (C=O) groups is 1. The third-order valence-corrected chi connectivity index (χ3v) is 2.38. The molecule has 0 aliphatic carbocycles. The Bertz CT molecular complexity index is 591. The number of nitrogens with zero attached hydrogens (tertiary/aromatic N) is 3. The number of aromatic nitrogens is 3. The lowest BCUT2D eigenvalue weighted by molar-refractivity contribution is -0.129. The second-order valence-corrected chi connectivity index (χ2v) is 4.09. The molecule has 0 atom stereocenters. The summed E-state index contributed by atoms with van der Waals surface area (Å²) in [7, 11) is 0. The SMILES string of the molecule is Cc1cc(-c2noc(CC(=O)C(F)F)n2)cc(C)n1. The number of alkyl halides is 2. The molecule has 0 saturated heterocycles. The monoisotopic (exact) mass is 267 g/mol. The number of rotatable bonds is 4. The van der Waals surface area contributed by atoms with Crippen molar-refractivity contribution in [1.82, 2.24) is 15.1 Å². The van der Waals surface area contributed by atoms with Gasteiger partial charge in [-0.2, -0.15) is 4.98 Å². The van der Waals surface area contributed by atoms with E-state index in [-0.39, 0.29) is 11.7 Å². The predicted octanol–water partition coefficient (Wildman–Crippen LogP) is 2.13. The highest BCUT2D eigenvalue weighted by Crippen LogP contribution is 2.18. The van der Waals surface area contributed by atoms with Crippen LogP contribution in [0.3, 0.4) is 0 Å². The summed E-state index contributed by atoms with van der Waals surface area (Å²) in [6.07, 6.45) is -3.59. The number of carbonyl (C=O) groups excluding carboxylic acids is 1. The first-order chi connectivity index (χ1) is 8.95. The van der Waals surface area contributed by atoms with E-state index in [1.807, 2.05) is 13.8 Å². The number of halogens is 2. The highest BCUT2D eigenvalue weighted by Gasteiger charge is 2.20. The molecule has 0 amide bonds. The van der Waals surface area contributed by atoms with Crippen LogP contribution in [0, 0.1) is 13.8 Å². The van der Waals surface area contributed by atoms with Crippen LogP contribution < -0.4 is 0 Å². The maximum absolute atomic E-state index is 12.1. The van der Waals surface area contributed by atoms with Crippen molar-refractivity contribution in [2.24, 2.45) is 0 Å². The average Bonchev–Trinajstić information content (AvgIpc) is 2.76. The van der Waals surface area contributed by atoms with Gasteiger partial charge in [-0.1, -0.05) is 5.16 Å². The molecule has 2 aromatic heterocycles. The van der Waals surface area contributed by atoms with Crippen molar-refractivity contribution < 1.29 is 18.1 Å². The lowest BCUT2D eigenvalue weighted by atomic mass is 10.2. The Labute approximate surface area is 107 Å². The maximum atomic E-state index is 12.1. The summed E-state index contributed by atoms with van der Waals surface area (Å²) >= 11 is 0. The quantitative estimate of drug-likeness (QED) is 0.848. The number of hydrogen-bond acceptors (Lipinski definition) is 5. The van der Waals surface area contributed by atoms with Gasteiger partial charge in [0.25, 0.3) is 6.43 Å². The van der Waals surface area contributed by atoms with Crippen LogP contribution in [0.1, 0.15) is 17.3 Å². The number of pyridine rings is 1. The van der Waals surface area contributed by atoms with Gasteiger partial charge in [-0.05, 0) is 26.0 Å². The highest BCUT2D eigenvalue weighted by atomic mass is 19.3. The van der Waals surface area contributed by atoms with Crippen LogP contribution >= 0.6 is 0 Å². The lowest BCUT2D eigenvalue weighted by Gasteiger charge is -1.98. The van der Waals surface area contributed by atoms with E-state index in [2.05, 4.69) is 15.1 Å². The minimum absolute atomic E-state index is 0.118. The van der Waals surface area contributed by atoms with Crippen LogP contribution in [0.4, 0.5) is 8.78 Å². The molecule has 0 N–H and O–H groups in total. The van der Waals surface area contributed by atoms with E-state index in [1.54, 1.807) is 12.1 Å². The number of hydrogen-bond donors (Lipinski definition) is 0. The maximum Gasteiger partial charge on any atom is 0.296 e. The van der Waals surface area contributed by atoms with Crippen molar-refractivity contribution in [2.75, 3.05) is 0 Å². The van der Waals surface area contributed by atoms with Gasteiger partial charge in [0.05, 0.1) is 6.42 Å². The standard InChI is InChI=1S/C12H11F2N3O2/c1-6-3-8(4-7(2)15-6)12-16-10(19-17-12)5-9(18)11(13)14/h3-4,11H,5H2,1-2H3. The Balaban J connectivity index is 2.23. The lowest BCUT2D eigenvalue weighted by Crippen LogP contribution is -2.12. The van der Waals surface area contributed by atoms with E-state index in [1.165, 1.54) is 0 Å². The first kappa shape index (κ1) is 13.3. The summed E-state index contributed by atoms with van der Waals surface area (Å²) < 4.78 is 29.0. The van der Waals surface area contributed by atoms with Crippen molar-refractivity contribution in [3.63, 3.8) is 0 Å². The van der Waals surface area contributed by atoms with Gasteiger partial charge in [0, 0.05) is 17.0 Å². The first-order valence-corrected chi connectivity index (χ1v) is 5.55. The van der Waals surface area contributed by atoms with Crippen molar-refractivity contribution in [3.05, 3.63) is 29.4 Å². The predicted molar refractivity (Wildman–Crippen MR) is 61.7 cm³/mol. The zero-order chi connectivity index (χ0) is 14.0. The molecule has 0 aromatic carbocycles. The van der Waals surface area contributed by atoms with Crippen LogP contribution in [0.2, 0.25) is 0 Å². The number of aryl methyl sites for hydroxylation is 2. The van der Waals surface area contributed by atoms with Crippen molar-refractivity contribution >= 4 is 5.78 Å². The van der Waals surface area contributed by atoms with E-state index in [0.717, 1.165) is 11.4 Å². The minimum atomic E-state index is -3.03. The highest BCUT2D eigenvalue weighted by molar-refractivity contribution is 5.83. The molecule has 0 saturated carbocycles. The van der Waals surface area contributed by atoms with Crippen molar-refractivity contribution in [1.29, 1.82) is 0 Å². The number of Topliss-reactive ketones (excluding diaryl/α,β-unsaturated/α-hetero) is 1. The van der Waals surface area contributed by atoms with Gasteiger partial charge < -0.3 is 4.52 Å². The largest absolute Gasteiger partial charge is 0.338 e. The molecule has 5 nitrogen and oxygen atoms in total. The zero-order valence-electron chi connectivity index (χ0n) is 10.4. The Kier molecular flexibility index (Phi) is 3.64. The van der Waals surface area contributed by atoms with E-state index in [0.29, 0.717) is 5.56 Å². The van der Waals surface area contributed by atoms with E-state index < -0.39 is 18.6 Å². The average molecular weight is 267 g/mol. The molecule has 0 aliphatic rings. The Morgan fingerprint density at radius 3 is 2.47 bits per heavy atom. The summed E-state index contributed by atoms with van der Waals surface area (Å²) in [6, 6.07) is 3.49. The molecule has 19 heavy (non-hydrogen) atoms. The van der Waals surface area contributed by atoms with E-state index in [9.17, 15) is 13.6 Å². The van der Waals surface area contributed by atoms with Crippen molar-refractivity contribution in [2.45, 2.75) is 26.7 Å². The Hall–Kier alpha value is -2.18. The van der Waals surface area contributed by atoms with E-state index >= 15 is 0 Å². The normalized spacial score (nSPS) is 11.0. The molecule has 0 spiro atoms. The molecule has 7 heteroatoms. The zero-order valence-corrected chi connectivity index (χ0v) is 10.4. The minimum Gasteiger partial charge on any atom is -0.338 e. The summed E-state index contributed by atoms with van der Waals surface area (Å²) in [4.78, 5) is 19.0. The van der Waals surface area contributed by atoms with Crippen molar-refractivity contribution in [3.8, 4) is 11.4 Å². The molecule has 0 radical (unpaired) electrons. The molecule has 0 unspecified atom stereocenters. The van der Waals surface area contributed by atoms with Gasteiger partial charge >= 0.3 is 0 Å². The van der Waals surface area contributed by atoms with Gasteiger partial charge in [0.15, 0.2) is 0 Å². The smallest absolute Gasteiger partial charge is 0.296 e. The third-order valence-electron chi connectivity index (χ3n) is 2.38. The fraction of sp³-hybridized carbons (Fsp3) is 0.333. The fourth-order valence-electron chi connectivity index (χ4n) is 1.63. The van der Waals surface area contributed by atoms with Gasteiger partial charge in [0.2, 0.25) is 17.5 Å². The second kappa shape index (κ2) is 5.21. The summed E-state index contributed by atoms with van der Waals surface area (Å²) in [6.45, 7) is 3.63. The van der Waals surface area contributed by atoms with Gasteiger partial charge in [-0.3, -0.25) is 9.78 Å². The van der Waals surface area contributed by atoms with E-state index in [4.69, 9.17) is 4.52 Å². The molecular weight excluding hydrogens is 256 g/mol. The summed E-state index contributed by atoms with van der Waals surface area (Å²) in [5, 5.41) is 3.67. The van der Waals surface area contributed by atoms with Crippen LogP contribution in [-0.2, 0) is 11.2 Å². The first-order valence-electron chi connectivity index (χ1n) is 5.55. The molecule has 2 rings (SSSR count). The molecule has 0 aliphatic heterocycles. The van der Waals surface area contributed by atoms with Gasteiger partial charge in [0.1, 0.15) is 0 Å². The Morgan fingerprint density at radius 2 is 1.89 bits per heavy atom. The van der Waals surface area contributed by atoms with Crippen LogP contribution in [0.25, 0.3) is 11.4 Å². The summed E-state index contributed by atoms with van der Waals surface area (Å²) in [5.74, 6) is -1.10. The number of ketones is 1.